The first-order valence-corrected chi connectivity index (χ1v) is 6.97. The number of fused-ring (bicyclic) bond motifs is 1. The molecule has 108 valence electrons. The van der Waals surface area contributed by atoms with E-state index < -0.39 is 17.8 Å². The van der Waals surface area contributed by atoms with E-state index in [1.165, 1.54) is 4.90 Å². The lowest BCUT2D eigenvalue weighted by Crippen LogP contribution is -2.42. The Bertz CT molecular complexity index is 387. The maximum absolute atomic E-state index is 12.1. The molecule has 1 aliphatic carbocycles. The van der Waals surface area contributed by atoms with Crippen molar-refractivity contribution in [1.82, 2.24) is 4.90 Å². The van der Waals surface area contributed by atoms with Crippen LogP contribution in [0, 0.1) is 11.8 Å². The van der Waals surface area contributed by atoms with Gasteiger partial charge in [-0.05, 0) is 39.0 Å². The molecule has 1 aliphatic heterocycles. The fourth-order valence-electron chi connectivity index (χ4n) is 3.08. The summed E-state index contributed by atoms with van der Waals surface area (Å²) >= 11 is 0. The van der Waals surface area contributed by atoms with E-state index in [0.717, 1.165) is 12.8 Å². The summed E-state index contributed by atoms with van der Waals surface area (Å²) in [6.07, 6.45) is 0.519. The van der Waals surface area contributed by atoms with E-state index in [1.807, 2.05) is 0 Å². The first kappa shape index (κ1) is 14.2. The highest BCUT2D eigenvalue weighted by atomic mass is 16.6. The van der Waals surface area contributed by atoms with Crippen LogP contribution in [0.3, 0.4) is 0 Å². The van der Waals surface area contributed by atoms with Crippen molar-refractivity contribution in [3.63, 3.8) is 0 Å². The molecule has 19 heavy (non-hydrogen) atoms. The predicted octanol–water partition coefficient (Wildman–Crippen LogP) is 3.18. The molecule has 0 aromatic heterocycles. The summed E-state index contributed by atoms with van der Waals surface area (Å²) < 4.78 is 10.7. The van der Waals surface area contributed by atoms with E-state index in [0.29, 0.717) is 11.8 Å². The molecule has 2 fully saturated rings. The fourth-order valence-corrected chi connectivity index (χ4v) is 3.08. The predicted molar refractivity (Wildman–Crippen MR) is 69.7 cm³/mol. The van der Waals surface area contributed by atoms with Gasteiger partial charge in [0.2, 0.25) is 0 Å². The number of imide groups is 1. The molecule has 2 amide bonds. The van der Waals surface area contributed by atoms with Crippen molar-refractivity contribution >= 4 is 12.2 Å². The van der Waals surface area contributed by atoms with Gasteiger partial charge in [-0.1, -0.05) is 20.3 Å². The van der Waals surface area contributed by atoms with Gasteiger partial charge in [-0.2, -0.15) is 0 Å². The maximum Gasteiger partial charge on any atom is 0.420 e. The summed E-state index contributed by atoms with van der Waals surface area (Å²) in [5.41, 5.74) is -0.607. The van der Waals surface area contributed by atoms with Gasteiger partial charge in [-0.15, -0.1) is 0 Å². The Hall–Kier alpha value is -1.26. The van der Waals surface area contributed by atoms with E-state index in [9.17, 15) is 9.59 Å². The van der Waals surface area contributed by atoms with Crippen molar-refractivity contribution in [3.05, 3.63) is 0 Å². The van der Waals surface area contributed by atoms with Crippen LogP contribution in [0.4, 0.5) is 9.59 Å². The Kier molecular flexibility index (Phi) is 3.49. The van der Waals surface area contributed by atoms with Crippen molar-refractivity contribution in [2.24, 2.45) is 11.8 Å². The second kappa shape index (κ2) is 4.69. The van der Waals surface area contributed by atoms with E-state index >= 15 is 0 Å². The van der Waals surface area contributed by atoms with E-state index in [4.69, 9.17) is 9.47 Å². The van der Waals surface area contributed by atoms with E-state index in [-0.39, 0.29) is 12.1 Å². The summed E-state index contributed by atoms with van der Waals surface area (Å²) in [6.45, 7) is 9.58. The van der Waals surface area contributed by atoms with Gasteiger partial charge < -0.3 is 9.47 Å². The minimum absolute atomic E-state index is 0.165. The van der Waals surface area contributed by atoms with Gasteiger partial charge in [0.15, 0.2) is 0 Å². The lowest BCUT2D eigenvalue weighted by molar-refractivity contribution is 0.0285. The summed E-state index contributed by atoms with van der Waals surface area (Å²) in [7, 11) is 0. The number of amides is 2. The highest BCUT2D eigenvalue weighted by Gasteiger charge is 2.55. The molecule has 0 aromatic carbocycles. The van der Waals surface area contributed by atoms with Gasteiger partial charge in [0.05, 0.1) is 6.04 Å². The van der Waals surface area contributed by atoms with Gasteiger partial charge in [-0.25, -0.2) is 14.5 Å². The normalized spacial score (nSPS) is 34.2. The van der Waals surface area contributed by atoms with Gasteiger partial charge >= 0.3 is 12.2 Å². The molecule has 1 unspecified atom stereocenters. The van der Waals surface area contributed by atoms with Crippen LogP contribution in [0.1, 0.15) is 47.5 Å². The second-order valence-electron chi connectivity index (χ2n) is 6.53. The molecular formula is C14H23NO4. The highest BCUT2D eigenvalue weighted by molar-refractivity contribution is 5.90. The van der Waals surface area contributed by atoms with Gasteiger partial charge in [-0.3, -0.25) is 0 Å². The van der Waals surface area contributed by atoms with Crippen molar-refractivity contribution in [2.45, 2.75) is 65.2 Å². The van der Waals surface area contributed by atoms with Crippen molar-refractivity contribution < 1.29 is 19.1 Å². The standard InChI is InChI=1S/C14H23NO4/c1-6-9-7-10-11(8(9)2)18-12(16)15(10)13(17)19-14(3,4)5/h8-11H,6-7H2,1-5H3/t8-,9?,10-,11+/m1/s1. The average molecular weight is 269 g/mol. The monoisotopic (exact) mass is 269 g/mol. The number of hydrogen-bond acceptors (Lipinski definition) is 4. The highest BCUT2D eigenvalue weighted by Crippen LogP contribution is 2.43. The van der Waals surface area contributed by atoms with Crippen molar-refractivity contribution in [2.75, 3.05) is 0 Å². The molecule has 1 saturated heterocycles. The van der Waals surface area contributed by atoms with Gasteiger partial charge in [0.1, 0.15) is 11.7 Å². The third-order valence-electron chi connectivity index (χ3n) is 4.07. The largest absolute Gasteiger partial charge is 0.443 e. The Balaban J connectivity index is 2.14. The molecular weight excluding hydrogens is 246 g/mol. The molecule has 0 N–H and O–H groups in total. The molecule has 5 nitrogen and oxygen atoms in total. The van der Waals surface area contributed by atoms with Crippen LogP contribution in [0.25, 0.3) is 0 Å². The summed E-state index contributed by atoms with van der Waals surface area (Å²) in [5.74, 6) is 0.791. The van der Waals surface area contributed by atoms with Crippen LogP contribution in [0.15, 0.2) is 0 Å². The number of carbonyl (C=O) groups is 2. The number of nitrogens with zero attached hydrogens (tertiary/aromatic N) is 1. The van der Waals surface area contributed by atoms with Crippen LogP contribution < -0.4 is 0 Å². The Morgan fingerprint density at radius 2 is 2.11 bits per heavy atom. The zero-order valence-corrected chi connectivity index (χ0v) is 12.3. The van der Waals surface area contributed by atoms with Gasteiger partial charge in [0, 0.05) is 0 Å². The molecule has 1 heterocycles. The third kappa shape index (κ3) is 2.55. The van der Waals surface area contributed by atoms with Crippen LogP contribution in [-0.4, -0.2) is 34.8 Å². The zero-order chi connectivity index (χ0) is 14.4. The molecule has 5 heteroatoms. The second-order valence-corrected chi connectivity index (χ2v) is 6.53. The Morgan fingerprint density at radius 1 is 1.47 bits per heavy atom. The van der Waals surface area contributed by atoms with E-state index in [1.54, 1.807) is 20.8 Å². The van der Waals surface area contributed by atoms with Crippen molar-refractivity contribution in [1.29, 1.82) is 0 Å². The average Bonchev–Trinajstić information content (AvgIpc) is 2.72. The first-order valence-electron chi connectivity index (χ1n) is 6.97. The Morgan fingerprint density at radius 3 is 2.63 bits per heavy atom. The zero-order valence-electron chi connectivity index (χ0n) is 12.3. The number of carbonyl (C=O) groups excluding carboxylic acids is 2. The third-order valence-corrected chi connectivity index (χ3v) is 4.07. The number of ether oxygens (including phenoxy) is 2. The molecule has 4 atom stereocenters. The maximum atomic E-state index is 12.1. The lowest BCUT2D eigenvalue weighted by atomic mass is 9.95. The smallest absolute Gasteiger partial charge is 0.420 e. The van der Waals surface area contributed by atoms with Crippen LogP contribution in [0.5, 0.6) is 0 Å². The summed E-state index contributed by atoms with van der Waals surface area (Å²) in [5, 5.41) is 0. The minimum Gasteiger partial charge on any atom is -0.443 e. The molecule has 0 spiro atoms. The molecule has 2 aliphatic rings. The number of hydrogen-bond donors (Lipinski definition) is 0. The van der Waals surface area contributed by atoms with Crippen molar-refractivity contribution in [3.8, 4) is 0 Å². The SMILES string of the molecule is CCC1C[C@@H]2[C@@H](OC(=O)N2C(=O)OC(C)(C)C)[C@@H]1C. The molecule has 0 aromatic rings. The van der Waals surface area contributed by atoms with Gasteiger partial charge in [0.25, 0.3) is 0 Å². The fraction of sp³-hybridized carbons (Fsp3) is 0.857. The van der Waals surface area contributed by atoms with E-state index in [2.05, 4.69) is 13.8 Å². The van der Waals surface area contributed by atoms with Crippen LogP contribution >= 0.6 is 0 Å². The lowest BCUT2D eigenvalue weighted by Gasteiger charge is -2.25. The number of rotatable bonds is 1. The first-order chi connectivity index (χ1) is 8.74. The Labute approximate surface area is 114 Å². The van der Waals surface area contributed by atoms with Crippen LogP contribution in [0.2, 0.25) is 0 Å². The minimum atomic E-state index is -0.607. The van der Waals surface area contributed by atoms with Crippen LogP contribution in [-0.2, 0) is 9.47 Å². The molecule has 0 radical (unpaired) electrons. The molecule has 1 saturated carbocycles. The summed E-state index contributed by atoms with van der Waals surface area (Å²) in [4.78, 5) is 25.1. The quantitative estimate of drug-likeness (QED) is 0.733. The molecule has 2 rings (SSSR count). The topological polar surface area (TPSA) is 55.8 Å². The summed E-state index contributed by atoms with van der Waals surface area (Å²) in [6, 6.07) is -0.165. The molecule has 0 bridgehead atoms.